The zero-order valence-corrected chi connectivity index (χ0v) is 11.5. The topological polar surface area (TPSA) is 37.6 Å². The first-order chi connectivity index (χ1) is 9.13. The molecule has 0 aliphatic carbocycles. The molecular formula is C15H19N3O. The zero-order valence-electron chi connectivity index (χ0n) is 11.5. The Morgan fingerprint density at radius 3 is 3.11 bits per heavy atom. The molecular weight excluding hydrogens is 238 g/mol. The third-order valence-corrected chi connectivity index (χ3v) is 3.78. The van der Waals surface area contributed by atoms with Crippen LogP contribution in [0.3, 0.4) is 0 Å². The highest BCUT2D eigenvalue weighted by atomic mass is 16.2. The van der Waals surface area contributed by atoms with Gasteiger partial charge in [-0.15, -0.1) is 0 Å². The molecule has 1 fully saturated rings. The largest absolute Gasteiger partial charge is 0.337 e. The van der Waals surface area contributed by atoms with Gasteiger partial charge in [0.1, 0.15) is 11.3 Å². The lowest BCUT2D eigenvalue weighted by molar-refractivity contribution is 0.0678. The van der Waals surface area contributed by atoms with Crippen molar-refractivity contribution in [3.63, 3.8) is 0 Å². The molecule has 100 valence electrons. The fraction of sp³-hybridized carbons (Fsp3) is 0.467. The van der Waals surface area contributed by atoms with Crippen molar-refractivity contribution in [3.05, 3.63) is 35.8 Å². The van der Waals surface area contributed by atoms with Crippen molar-refractivity contribution in [1.82, 2.24) is 14.3 Å². The highest BCUT2D eigenvalue weighted by Gasteiger charge is 2.23. The van der Waals surface area contributed by atoms with Crippen molar-refractivity contribution in [2.24, 2.45) is 5.92 Å². The van der Waals surface area contributed by atoms with Gasteiger partial charge in [-0.05, 0) is 43.4 Å². The molecule has 1 aliphatic heterocycles. The Morgan fingerprint density at radius 2 is 2.32 bits per heavy atom. The van der Waals surface area contributed by atoms with Crippen molar-refractivity contribution >= 4 is 11.6 Å². The Morgan fingerprint density at radius 1 is 1.47 bits per heavy atom. The van der Waals surface area contributed by atoms with E-state index in [9.17, 15) is 4.79 Å². The summed E-state index contributed by atoms with van der Waals surface area (Å²) < 4.78 is 1.91. The number of rotatable bonds is 1. The molecule has 4 heteroatoms. The van der Waals surface area contributed by atoms with Crippen molar-refractivity contribution in [2.75, 3.05) is 13.1 Å². The Hall–Kier alpha value is -1.84. The van der Waals surface area contributed by atoms with Crippen molar-refractivity contribution in [2.45, 2.75) is 26.7 Å². The van der Waals surface area contributed by atoms with Crippen LogP contribution in [0.1, 0.15) is 35.8 Å². The summed E-state index contributed by atoms with van der Waals surface area (Å²) in [5.74, 6) is 0.657. The maximum absolute atomic E-state index is 12.4. The third kappa shape index (κ3) is 2.35. The smallest absolute Gasteiger partial charge is 0.274 e. The molecule has 1 aliphatic rings. The van der Waals surface area contributed by atoms with E-state index in [1.54, 1.807) is 0 Å². The van der Waals surface area contributed by atoms with Gasteiger partial charge in [-0.3, -0.25) is 4.79 Å². The molecule has 4 nitrogen and oxygen atoms in total. The molecule has 0 radical (unpaired) electrons. The summed E-state index contributed by atoms with van der Waals surface area (Å²) in [6, 6.07) is 4.02. The molecule has 2 aromatic rings. The molecule has 3 rings (SSSR count). The zero-order chi connectivity index (χ0) is 13.4. The van der Waals surface area contributed by atoms with Gasteiger partial charge < -0.3 is 9.30 Å². The van der Waals surface area contributed by atoms with Gasteiger partial charge in [0.25, 0.3) is 5.91 Å². The number of pyridine rings is 1. The quantitative estimate of drug-likeness (QED) is 0.787. The maximum Gasteiger partial charge on any atom is 0.274 e. The summed E-state index contributed by atoms with van der Waals surface area (Å²) in [6.45, 7) is 5.94. The van der Waals surface area contributed by atoms with Gasteiger partial charge in [-0.2, -0.15) is 0 Å². The SMILES string of the molecule is Cc1ccn2cc(C(=O)N3CCCC(C)C3)nc2c1. The lowest BCUT2D eigenvalue weighted by atomic mass is 10.0. The van der Waals surface area contributed by atoms with Crippen LogP contribution >= 0.6 is 0 Å². The Balaban J connectivity index is 1.88. The number of imidazole rings is 1. The minimum atomic E-state index is 0.0629. The average molecular weight is 257 g/mol. The number of aromatic nitrogens is 2. The summed E-state index contributed by atoms with van der Waals surface area (Å²) in [6.07, 6.45) is 6.09. The summed E-state index contributed by atoms with van der Waals surface area (Å²) in [7, 11) is 0. The van der Waals surface area contributed by atoms with Crippen LogP contribution in [0.5, 0.6) is 0 Å². The fourth-order valence-corrected chi connectivity index (χ4v) is 2.72. The molecule has 1 amide bonds. The van der Waals surface area contributed by atoms with Crippen molar-refractivity contribution < 1.29 is 4.79 Å². The molecule has 1 unspecified atom stereocenters. The monoisotopic (exact) mass is 257 g/mol. The van der Waals surface area contributed by atoms with Gasteiger partial charge in [0.2, 0.25) is 0 Å². The Labute approximate surface area is 113 Å². The number of aryl methyl sites for hydroxylation is 1. The number of piperidine rings is 1. The number of carbonyl (C=O) groups excluding carboxylic acids is 1. The minimum absolute atomic E-state index is 0.0629. The second-order valence-corrected chi connectivity index (χ2v) is 5.59. The Bertz CT molecular complexity index is 617. The highest BCUT2D eigenvalue weighted by Crippen LogP contribution is 2.18. The van der Waals surface area contributed by atoms with E-state index in [2.05, 4.69) is 11.9 Å². The predicted octanol–water partition coefficient (Wildman–Crippen LogP) is 2.51. The molecule has 0 N–H and O–H groups in total. The molecule has 1 saturated heterocycles. The van der Waals surface area contributed by atoms with Crippen LogP contribution in [0.4, 0.5) is 0 Å². The predicted molar refractivity (Wildman–Crippen MR) is 74.2 cm³/mol. The molecule has 2 aromatic heterocycles. The van der Waals surface area contributed by atoms with Gasteiger partial charge in [0.15, 0.2) is 0 Å². The third-order valence-electron chi connectivity index (χ3n) is 3.78. The van der Waals surface area contributed by atoms with Crippen LogP contribution in [-0.4, -0.2) is 33.3 Å². The Kier molecular flexibility index (Phi) is 3.01. The lowest BCUT2D eigenvalue weighted by Gasteiger charge is -2.30. The summed E-state index contributed by atoms with van der Waals surface area (Å²) in [4.78, 5) is 18.8. The van der Waals surface area contributed by atoms with E-state index in [4.69, 9.17) is 0 Å². The van der Waals surface area contributed by atoms with Crippen molar-refractivity contribution in [1.29, 1.82) is 0 Å². The van der Waals surface area contributed by atoms with E-state index in [1.165, 1.54) is 6.42 Å². The molecule has 0 aromatic carbocycles. The van der Waals surface area contributed by atoms with Crippen molar-refractivity contribution in [3.8, 4) is 0 Å². The number of likely N-dealkylation sites (tertiary alicyclic amines) is 1. The number of carbonyl (C=O) groups is 1. The first-order valence-corrected chi connectivity index (χ1v) is 6.88. The standard InChI is InChI=1S/C15H19N3O/c1-11-5-7-17-10-13(16-14(17)8-11)15(19)18-6-3-4-12(2)9-18/h5,7-8,10,12H,3-4,6,9H2,1-2H3. The number of hydrogen-bond acceptors (Lipinski definition) is 2. The van der Waals surface area contributed by atoms with Gasteiger partial charge in [-0.25, -0.2) is 4.98 Å². The first kappa shape index (κ1) is 12.2. The number of nitrogens with zero attached hydrogens (tertiary/aromatic N) is 3. The molecule has 19 heavy (non-hydrogen) atoms. The molecule has 0 bridgehead atoms. The maximum atomic E-state index is 12.4. The summed E-state index contributed by atoms with van der Waals surface area (Å²) >= 11 is 0. The second kappa shape index (κ2) is 4.68. The van der Waals surface area contributed by atoms with Gasteiger partial charge in [0, 0.05) is 25.5 Å². The van der Waals surface area contributed by atoms with E-state index < -0.39 is 0 Å². The fourth-order valence-electron chi connectivity index (χ4n) is 2.72. The number of fused-ring (bicyclic) bond motifs is 1. The second-order valence-electron chi connectivity index (χ2n) is 5.59. The number of hydrogen-bond donors (Lipinski definition) is 0. The van der Waals surface area contributed by atoms with Crippen LogP contribution in [0, 0.1) is 12.8 Å². The van der Waals surface area contributed by atoms with Crippen LogP contribution in [0.25, 0.3) is 5.65 Å². The summed E-state index contributed by atoms with van der Waals surface area (Å²) in [5, 5.41) is 0. The minimum Gasteiger partial charge on any atom is -0.337 e. The summed E-state index contributed by atoms with van der Waals surface area (Å²) in [5.41, 5.74) is 2.55. The van der Waals surface area contributed by atoms with E-state index >= 15 is 0 Å². The van der Waals surface area contributed by atoms with E-state index in [-0.39, 0.29) is 5.91 Å². The van der Waals surface area contributed by atoms with Gasteiger partial charge in [-0.1, -0.05) is 6.92 Å². The average Bonchev–Trinajstić information content (AvgIpc) is 2.80. The van der Waals surface area contributed by atoms with E-state index in [0.717, 1.165) is 30.7 Å². The van der Waals surface area contributed by atoms with E-state index in [0.29, 0.717) is 11.6 Å². The molecule has 3 heterocycles. The first-order valence-electron chi connectivity index (χ1n) is 6.88. The van der Waals surface area contributed by atoms with Crippen LogP contribution in [0.2, 0.25) is 0 Å². The molecule has 0 saturated carbocycles. The number of amides is 1. The van der Waals surface area contributed by atoms with Crippen LogP contribution in [-0.2, 0) is 0 Å². The lowest BCUT2D eigenvalue weighted by Crippen LogP contribution is -2.39. The van der Waals surface area contributed by atoms with Crippen LogP contribution in [0.15, 0.2) is 24.5 Å². The van der Waals surface area contributed by atoms with Gasteiger partial charge >= 0.3 is 0 Å². The molecule has 0 spiro atoms. The van der Waals surface area contributed by atoms with E-state index in [1.807, 2.05) is 40.8 Å². The van der Waals surface area contributed by atoms with Crippen LogP contribution < -0.4 is 0 Å². The normalized spacial score (nSPS) is 19.9. The highest BCUT2D eigenvalue weighted by molar-refractivity contribution is 5.93. The molecule has 1 atom stereocenters. The van der Waals surface area contributed by atoms with Gasteiger partial charge in [0.05, 0.1) is 0 Å².